The molecule has 9 heteroatoms. The van der Waals surface area contributed by atoms with E-state index < -0.39 is 5.82 Å². The van der Waals surface area contributed by atoms with E-state index in [1.165, 1.54) is 28.8 Å². The molecular formula is C20H15FN4O3S. The summed E-state index contributed by atoms with van der Waals surface area (Å²) in [4.78, 5) is 25.1. The lowest BCUT2D eigenvalue weighted by Gasteiger charge is -2.08. The molecule has 29 heavy (non-hydrogen) atoms. The minimum atomic E-state index is -0.398. The molecule has 0 fully saturated rings. The Morgan fingerprint density at radius 1 is 1.14 bits per heavy atom. The summed E-state index contributed by atoms with van der Waals surface area (Å²) in [7, 11) is 1.56. The summed E-state index contributed by atoms with van der Waals surface area (Å²) in [6.07, 6.45) is 3.28. The molecule has 0 aliphatic carbocycles. The van der Waals surface area contributed by atoms with Crippen LogP contribution in [0.15, 0.2) is 70.9 Å². The first-order valence-electron chi connectivity index (χ1n) is 8.59. The normalized spacial score (nSPS) is 11.0. The van der Waals surface area contributed by atoms with Gasteiger partial charge in [-0.25, -0.2) is 4.39 Å². The van der Waals surface area contributed by atoms with Crippen LogP contribution in [-0.2, 0) is 0 Å². The zero-order valence-electron chi connectivity index (χ0n) is 15.3. The van der Waals surface area contributed by atoms with Crippen molar-refractivity contribution in [3.05, 3.63) is 82.7 Å². The third kappa shape index (κ3) is 3.77. The zero-order valence-corrected chi connectivity index (χ0v) is 16.1. The predicted molar refractivity (Wildman–Crippen MR) is 107 cm³/mol. The van der Waals surface area contributed by atoms with Crippen molar-refractivity contribution in [2.24, 2.45) is 0 Å². The number of thioether (sulfide) groups is 1. The van der Waals surface area contributed by atoms with E-state index in [1.807, 2.05) is 0 Å². The lowest BCUT2D eigenvalue weighted by atomic mass is 10.1. The van der Waals surface area contributed by atoms with Gasteiger partial charge in [0.25, 0.3) is 0 Å². The molecule has 7 nitrogen and oxygen atoms in total. The number of hydrogen-bond acceptors (Lipinski definition) is 6. The molecule has 0 saturated carbocycles. The fourth-order valence-corrected chi connectivity index (χ4v) is 3.59. The summed E-state index contributed by atoms with van der Waals surface area (Å²) in [5.74, 6) is 0.151. The summed E-state index contributed by atoms with van der Waals surface area (Å²) in [5, 5.41) is 8.43. The molecule has 4 rings (SSSR count). The Morgan fingerprint density at radius 3 is 2.69 bits per heavy atom. The van der Waals surface area contributed by atoms with Crippen LogP contribution >= 0.6 is 11.8 Å². The molecule has 0 aliphatic heterocycles. The van der Waals surface area contributed by atoms with Crippen LogP contribution < -0.4 is 10.3 Å². The van der Waals surface area contributed by atoms with Crippen LogP contribution in [0.25, 0.3) is 11.3 Å². The summed E-state index contributed by atoms with van der Waals surface area (Å²) in [6, 6.07) is 12.5. The lowest BCUT2D eigenvalue weighted by Crippen LogP contribution is -2.20. The highest BCUT2D eigenvalue weighted by Gasteiger charge is 2.14. The summed E-state index contributed by atoms with van der Waals surface area (Å²) < 4.78 is 21.2. The van der Waals surface area contributed by atoms with Crippen LogP contribution in [0.4, 0.5) is 4.39 Å². The van der Waals surface area contributed by atoms with Gasteiger partial charge in [-0.3, -0.25) is 18.6 Å². The van der Waals surface area contributed by atoms with Gasteiger partial charge in [0.1, 0.15) is 11.6 Å². The summed E-state index contributed by atoms with van der Waals surface area (Å²) in [6.45, 7) is 0. The van der Waals surface area contributed by atoms with Gasteiger partial charge < -0.3 is 4.74 Å². The third-order valence-corrected chi connectivity index (χ3v) is 5.21. The first kappa shape index (κ1) is 18.9. The largest absolute Gasteiger partial charge is 0.497 e. The van der Waals surface area contributed by atoms with Crippen molar-refractivity contribution < 1.29 is 13.9 Å². The van der Waals surface area contributed by atoms with Crippen molar-refractivity contribution in [2.45, 2.75) is 5.16 Å². The fraction of sp³-hybridized carbons (Fsp3) is 0.100. The molecule has 2 heterocycles. The Hall–Kier alpha value is -3.46. The van der Waals surface area contributed by atoms with Gasteiger partial charge in [0.05, 0.1) is 18.6 Å². The first-order valence-corrected chi connectivity index (χ1v) is 9.58. The average Bonchev–Trinajstić information content (AvgIpc) is 3.17. The number of ketones is 1. The Kier molecular flexibility index (Phi) is 5.13. The Labute approximate surface area is 168 Å². The number of halogens is 1. The number of hydrogen-bond donors (Lipinski definition) is 0. The Morgan fingerprint density at radius 2 is 1.93 bits per heavy atom. The zero-order chi connectivity index (χ0) is 20.4. The second-order valence-electron chi connectivity index (χ2n) is 6.07. The molecule has 0 atom stereocenters. The number of benzene rings is 2. The van der Waals surface area contributed by atoms with Crippen LogP contribution in [-0.4, -0.2) is 37.8 Å². The van der Waals surface area contributed by atoms with Crippen molar-refractivity contribution in [3.63, 3.8) is 0 Å². The SMILES string of the molecule is COc1cccc(-n2ccn3c(SCC(=O)c4ccc(F)cc4)nnc3c2=O)c1. The van der Waals surface area contributed by atoms with Gasteiger partial charge in [-0.05, 0) is 36.4 Å². The second kappa shape index (κ2) is 7.88. The van der Waals surface area contributed by atoms with E-state index in [-0.39, 0.29) is 22.7 Å². The molecule has 0 N–H and O–H groups in total. The smallest absolute Gasteiger partial charge is 0.300 e. The molecule has 2 aromatic heterocycles. The number of ether oxygens (including phenoxy) is 1. The second-order valence-corrected chi connectivity index (χ2v) is 7.01. The summed E-state index contributed by atoms with van der Waals surface area (Å²) in [5.41, 5.74) is 0.852. The Bertz CT molecular complexity index is 1250. The number of methoxy groups -OCH3 is 1. The molecule has 0 saturated heterocycles. The van der Waals surface area contributed by atoms with Crippen LogP contribution in [0.1, 0.15) is 10.4 Å². The van der Waals surface area contributed by atoms with Gasteiger partial charge >= 0.3 is 5.56 Å². The van der Waals surface area contributed by atoms with Crippen molar-refractivity contribution >= 4 is 23.2 Å². The fourth-order valence-electron chi connectivity index (χ4n) is 2.78. The molecule has 0 radical (unpaired) electrons. The van der Waals surface area contributed by atoms with Gasteiger partial charge in [0, 0.05) is 24.0 Å². The van der Waals surface area contributed by atoms with Gasteiger partial charge in [0.15, 0.2) is 10.9 Å². The minimum absolute atomic E-state index is 0.0887. The van der Waals surface area contributed by atoms with E-state index in [9.17, 15) is 14.0 Å². The van der Waals surface area contributed by atoms with Crippen LogP contribution in [0, 0.1) is 5.82 Å². The highest BCUT2D eigenvalue weighted by molar-refractivity contribution is 7.99. The molecule has 0 bridgehead atoms. The number of carbonyl (C=O) groups is 1. The molecule has 0 amide bonds. The predicted octanol–water partition coefficient (Wildman–Crippen LogP) is 3.00. The van der Waals surface area contributed by atoms with Gasteiger partial charge in [-0.15, -0.1) is 10.2 Å². The first-order chi connectivity index (χ1) is 14.1. The maximum Gasteiger partial charge on any atom is 0.300 e. The lowest BCUT2D eigenvalue weighted by molar-refractivity contribution is 0.102. The number of aromatic nitrogens is 4. The number of carbonyl (C=O) groups excluding carboxylic acids is 1. The monoisotopic (exact) mass is 410 g/mol. The maximum atomic E-state index is 13.0. The highest BCUT2D eigenvalue weighted by atomic mass is 32.2. The number of Topliss-reactive ketones (excluding diaryl/α,β-unsaturated/α-hetero) is 1. The van der Waals surface area contributed by atoms with Gasteiger partial charge in [0.2, 0.25) is 5.65 Å². The van der Waals surface area contributed by atoms with Crippen LogP contribution in [0.2, 0.25) is 0 Å². The van der Waals surface area contributed by atoms with E-state index >= 15 is 0 Å². The number of nitrogens with zero attached hydrogens (tertiary/aromatic N) is 4. The third-order valence-electron chi connectivity index (χ3n) is 4.27. The molecule has 146 valence electrons. The van der Waals surface area contributed by atoms with Gasteiger partial charge in [-0.1, -0.05) is 17.8 Å². The van der Waals surface area contributed by atoms with E-state index in [2.05, 4.69) is 10.2 Å². The number of rotatable bonds is 6. The average molecular weight is 410 g/mol. The molecule has 0 aliphatic rings. The topological polar surface area (TPSA) is 78.5 Å². The number of fused-ring (bicyclic) bond motifs is 1. The van der Waals surface area contributed by atoms with E-state index in [4.69, 9.17) is 4.74 Å². The van der Waals surface area contributed by atoms with Crippen LogP contribution in [0.5, 0.6) is 5.75 Å². The van der Waals surface area contributed by atoms with Crippen molar-refractivity contribution in [3.8, 4) is 11.4 Å². The van der Waals surface area contributed by atoms with Crippen molar-refractivity contribution in [1.82, 2.24) is 19.2 Å². The standard InChI is InChI=1S/C20H15FN4O3S/c1-28-16-4-2-3-15(11-16)24-9-10-25-18(19(24)27)22-23-20(25)29-12-17(26)13-5-7-14(21)8-6-13/h2-11H,12H2,1H3. The van der Waals surface area contributed by atoms with Gasteiger partial charge in [-0.2, -0.15) is 0 Å². The van der Waals surface area contributed by atoms with Crippen LogP contribution in [0.3, 0.4) is 0 Å². The van der Waals surface area contributed by atoms with Crippen molar-refractivity contribution in [2.75, 3.05) is 12.9 Å². The molecular weight excluding hydrogens is 395 g/mol. The van der Waals surface area contributed by atoms with E-state index in [0.29, 0.717) is 22.2 Å². The highest BCUT2D eigenvalue weighted by Crippen LogP contribution is 2.19. The van der Waals surface area contributed by atoms with E-state index in [1.54, 1.807) is 48.2 Å². The molecule has 0 unspecified atom stereocenters. The van der Waals surface area contributed by atoms with E-state index in [0.717, 1.165) is 11.8 Å². The Balaban J connectivity index is 1.59. The maximum absolute atomic E-state index is 13.0. The molecule has 0 spiro atoms. The molecule has 4 aromatic rings. The minimum Gasteiger partial charge on any atom is -0.497 e. The molecule has 2 aromatic carbocycles. The summed E-state index contributed by atoms with van der Waals surface area (Å²) >= 11 is 1.16. The quantitative estimate of drug-likeness (QED) is 0.359. The van der Waals surface area contributed by atoms with Crippen molar-refractivity contribution in [1.29, 1.82) is 0 Å².